The molecule has 28 heavy (non-hydrogen) atoms. The zero-order valence-corrected chi connectivity index (χ0v) is 17.4. The Morgan fingerprint density at radius 1 is 1.11 bits per heavy atom. The maximum Gasteiger partial charge on any atom is 0.245 e. The molecule has 2 aromatic carbocycles. The minimum Gasteiger partial charge on any atom is -0.497 e. The molecule has 2 aromatic rings. The number of rotatable bonds is 5. The molecule has 0 aromatic heterocycles. The van der Waals surface area contributed by atoms with Gasteiger partial charge in [0.05, 0.1) is 26.0 Å². The molecule has 0 amide bonds. The first-order valence-electron chi connectivity index (χ1n) is 8.81. The molecule has 1 aliphatic rings. The first-order chi connectivity index (χ1) is 13.4. The minimum absolute atomic E-state index is 0.114. The quantitative estimate of drug-likeness (QED) is 0.719. The molecule has 0 atom stereocenters. The third kappa shape index (κ3) is 4.61. The lowest BCUT2D eigenvalue weighted by Gasteiger charge is -2.27. The molecule has 1 saturated heterocycles. The van der Waals surface area contributed by atoms with E-state index in [2.05, 4.69) is 10.6 Å². The van der Waals surface area contributed by atoms with E-state index in [0.29, 0.717) is 42.9 Å². The maximum atomic E-state index is 13.2. The van der Waals surface area contributed by atoms with E-state index < -0.39 is 10.0 Å². The average Bonchev–Trinajstić information content (AvgIpc) is 2.70. The number of thiocarbonyl (C=S) groups is 1. The van der Waals surface area contributed by atoms with Crippen molar-refractivity contribution in [2.45, 2.75) is 11.8 Å². The molecule has 1 aliphatic heterocycles. The van der Waals surface area contributed by atoms with E-state index >= 15 is 0 Å². The lowest BCUT2D eigenvalue weighted by Crippen LogP contribution is -2.41. The van der Waals surface area contributed by atoms with Crippen LogP contribution in [0.4, 0.5) is 11.4 Å². The van der Waals surface area contributed by atoms with Gasteiger partial charge in [-0.3, -0.25) is 0 Å². The number of morpholine rings is 1. The molecule has 0 spiro atoms. The largest absolute Gasteiger partial charge is 0.497 e. The fourth-order valence-electron chi connectivity index (χ4n) is 2.86. The second-order valence-electron chi connectivity index (χ2n) is 6.27. The van der Waals surface area contributed by atoms with Gasteiger partial charge in [0.15, 0.2) is 5.11 Å². The van der Waals surface area contributed by atoms with Gasteiger partial charge in [-0.2, -0.15) is 4.31 Å². The zero-order chi connectivity index (χ0) is 20.1. The van der Waals surface area contributed by atoms with Crippen molar-refractivity contribution in [3.05, 3.63) is 48.0 Å². The predicted molar refractivity (Wildman–Crippen MR) is 114 cm³/mol. The second kappa shape index (κ2) is 8.87. The second-order valence-corrected chi connectivity index (χ2v) is 8.59. The molecule has 0 unspecified atom stereocenters. The number of sulfonamides is 1. The molecule has 1 heterocycles. The molecule has 0 aliphatic carbocycles. The van der Waals surface area contributed by atoms with E-state index in [-0.39, 0.29) is 4.90 Å². The van der Waals surface area contributed by atoms with Crippen molar-refractivity contribution in [3.8, 4) is 5.75 Å². The fraction of sp³-hybridized carbons (Fsp3) is 0.316. The van der Waals surface area contributed by atoms with Crippen LogP contribution in [0.3, 0.4) is 0 Å². The van der Waals surface area contributed by atoms with Crippen molar-refractivity contribution in [3.63, 3.8) is 0 Å². The Morgan fingerprint density at radius 2 is 1.79 bits per heavy atom. The standard InChI is InChI=1S/C19H23N3O4S2/c1-14-5-3-4-6-16(14)20-19(27)21-17-8-7-15(25-2)13-18(17)28(23,24)22-9-11-26-12-10-22/h3-8,13H,9-12H2,1-2H3,(H2,20,21,27). The Labute approximate surface area is 170 Å². The lowest BCUT2D eigenvalue weighted by atomic mass is 10.2. The third-order valence-electron chi connectivity index (χ3n) is 4.42. The van der Waals surface area contributed by atoms with Crippen LogP contribution in [-0.2, 0) is 14.8 Å². The van der Waals surface area contributed by atoms with Crippen LogP contribution in [0.5, 0.6) is 5.75 Å². The van der Waals surface area contributed by atoms with Gasteiger partial charge in [0, 0.05) is 24.8 Å². The molecule has 150 valence electrons. The number of nitrogens with one attached hydrogen (secondary N) is 2. The molecular formula is C19H23N3O4S2. The highest BCUT2D eigenvalue weighted by atomic mass is 32.2. The number of methoxy groups -OCH3 is 1. The van der Waals surface area contributed by atoms with Gasteiger partial charge >= 0.3 is 0 Å². The highest BCUT2D eigenvalue weighted by molar-refractivity contribution is 7.89. The number of hydrogen-bond donors (Lipinski definition) is 2. The van der Waals surface area contributed by atoms with Crippen molar-refractivity contribution in [1.82, 2.24) is 4.31 Å². The highest BCUT2D eigenvalue weighted by Crippen LogP contribution is 2.30. The van der Waals surface area contributed by atoms with Gasteiger partial charge < -0.3 is 20.1 Å². The third-order valence-corrected chi connectivity index (χ3v) is 6.56. The number of para-hydroxylation sites is 1. The molecule has 2 N–H and O–H groups in total. The summed E-state index contributed by atoms with van der Waals surface area (Å²) >= 11 is 5.40. The van der Waals surface area contributed by atoms with Crippen LogP contribution < -0.4 is 15.4 Å². The molecule has 0 saturated carbocycles. The van der Waals surface area contributed by atoms with Gasteiger partial charge in [0.2, 0.25) is 10.0 Å². The normalized spacial score (nSPS) is 15.1. The van der Waals surface area contributed by atoms with E-state index in [9.17, 15) is 8.42 Å². The predicted octanol–water partition coefficient (Wildman–Crippen LogP) is 2.83. The van der Waals surface area contributed by atoms with Crippen molar-refractivity contribution in [2.24, 2.45) is 0 Å². The summed E-state index contributed by atoms with van der Waals surface area (Å²) in [5.41, 5.74) is 2.27. The summed E-state index contributed by atoms with van der Waals surface area (Å²) in [6.07, 6.45) is 0. The van der Waals surface area contributed by atoms with E-state index in [1.165, 1.54) is 17.5 Å². The van der Waals surface area contributed by atoms with Crippen LogP contribution in [-0.4, -0.2) is 51.2 Å². The monoisotopic (exact) mass is 421 g/mol. The van der Waals surface area contributed by atoms with Crippen molar-refractivity contribution in [1.29, 1.82) is 0 Å². The van der Waals surface area contributed by atoms with Gasteiger partial charge in [-0.1, -0.05) is 18.2 Å². The van der Waals surface area contributed by atoms with Crippen LogP contribution in [0.15, 0.2) is 47.4 Å². The molecule has 0 radical (unpaired) electrons. The summed E-state index contributed by atoms with van der Waals surface area (Å²) in [6, 6.07) is 12.6. The Morgan fingerprint density at radius 3 is 2.46 bits per heavy atom. The average molecular weight is 422 g/mol. The van der Waals surface area contributed by atoms with Crippen LogP contribution in [0.1, 0.15) is 5.56 Å². The van der Waals surface area contributed by atoms with Gasteiger partial charge in [-0.25, -0.2) is 8.42 Å². The maximum absolute atomic E-state index is 13.2. The molecule has 3 rings (SSSR count). The van der Waals surface area contributed by atoms with Gasteiger partial charge in [-0.15, -0.1) is 0 Å². The van der Waals surface area contributed by atoms with Crippen LogP contribution in [0.25, 0.3) is 0 Å². The van der Waals surface area contributed by atoms with E-state index in [1.54, 1.807) is 12.1 Å². The SMILES string of the molecule is COc1ccc(NC(=S)Nc2ccccc2C)c(S(=O)(=O)N2CCOCC2)c1. The number of hydrogen-bond acceptors (Lipinski definition) is 5. The molecular weight excluding hydrogens is 398 g/mol. The Kier molecular flexibility index (Phi) is 6.50. The minimum atomic E-state index is -3.73. The Hall–Kier alpha value is -2.20. The molecule has 9 heteroatoms. The topological polar surface area (TPSA) is 79.9 Å². The van der Waals surface area contributed by atoms with E-state index in [0.717, 1.165) is 11.3 Å². The van der Waals surface area contributed by atoms with E-state index in [1.807, 2.05) is 31.2 Å². The number of nitrogens with zero attached hydrogens (tertiary/aromatic N) is 1. The van der Waals surface area contributed by atoms with Crippen LogP contribution >= 0.6 is 12.2 Å². The summed E-state index contributed by atoms with van der Waals surface area (Å²) in [4.78, 5) is 0.114. The first kappa shape index (κ1) is 20.5. The van der Waals surface area contributed by atoms with Gasteiger partial charge in [0.25, 0.3) is 0 Å². The summed E-state index contributed by atoms with van der Waals surface area (Å²) in [7, 11) is -2.23. The number of ether oxygens (including phenoxy) is 2. The van der Waals surface area contributed by atoms with Crippen molar-refractivity contribution in [2.75, 3.05) is 44.0 Å². The molecule has 0 bridgehead atoms. The first-order valence-corrected chi connectivity index (χ1v) is 10.7. The van der Waals surface area contributed by atoms with Crippen LogP contribution in [0, 0.1) is 6.92 Å². The summed E-state index contributed by atoms with van der Waals surface area (Å²) < 4.78 is 38.3. The smallest absolute Gasteiger partial charge is 0.245 e. The Bertz CT molecular complexity index is 957. The molecule has 1 fully saturated rings. The number of benzene rings is 2. The summed E-state index contributed by atoms with van der Waals surface area (Å²) in [6.45, 7) is 3.33. The van der Waals surface area contributed by atoms with Crippen molar-refractivity contribution < 1.29 is 17.9 Å². The molecule has 7 nitrogen and oxygen atoms in total. The fourth-order valence-corrected chi connectivity index (χ4v) is 4.65. The van der Waals surface area contributed by atoms with Gasteiger partial charge in [-0.05, 0) is 42.9 Å². The van der Waals surface area contributed by atoms with E-state index in [4.69, 9.17) is 21.7 Å². The van der Waals surface area contributed by atoms with Crippen molar-refractivity contribution >= 4 is 38.7 Å². The highest BCUT2D eigenvalue weighted by Gasteiger charge is 2.29. The van der Waals surface area contributed by atoms with Gasteiger partial charge in [0.1, 0.15) is 10.6 Å². The number of aryl methyl sites for hydroxylation is 1. The lowest BCUT2D eigenvalue weighted by molar-refractivity contribution is 0.0730. The zero-order valence-electron chi connectivity index (χ0n) is 15.8. The number of anilines is 2. The van der Waals surface area contributed by atoms with Crippen LogP contribution in [0.2, 0.25) is 0 Å². The summed E-state index contributed by atoms with van der Waals surface area (Å²) in [5.74, 6) is 0.454. The summed E-state index contributed by atoms with van der Waals surface area (Å²) in [5, 5.41) is 6.42. The Balaban J connectivity index is 1.88.